The number of hydrogen-bond acceptors (Lipinski definition) is 2. The summed E-state index contributed by atoms with van der Waals surface area (Å²) < 4.78 is 0. The van der Waals surface area contributed by atoms with Crippen LogP contribution in [-0.4, -0.2) is 37.1 Å². The molecule has 16 heavy (non-hydrogen) atoms. The van der Waals surface area contributed by atoms with Crippen molar-refractivity contribution in [2.75, 3.05) is 26.2 Å². The molecule has 0 radical (unpaired) electrons. The second kappa shape index (κ2) is 8.08. The molecule has 0 aromatic heterocycles. The van der Waals surface area contributed by atoms with Gasteiger partial charge in [0.1, 0.15) is 0 Å². The van der Waals surface area contributed by atoms with Crippen LogP contribution in [0.15, 0.2) is 0 Å². The Morgan fingerprint density at radius 1 is 1.19 bits per heavy atom. The first-order chi connectivity index (χ1) is 7.81. The average Bonchev–Trinajstić information content (AvgIpc) is 2.55. The van der Waals surface area contributed by atoms with Gasteiger partial charge in [0, 0.05) is 12.6 Å². The molecule has 1 aliphatic heterocycles. The third-order valence-electron chi connectivity index (χ3n) is 4.08. The fraction of sp³-hybridized carbons (Fsp3) is 1.00. The van der Waals surface area contributed by atoms with Crippen LogP contribution < -0.4 is 5.32 Å². The Bertz CT molecular complexity index is 170. The Labute approximate surface area is 102 Å². The number of nitrogens with one attached hydrogen (secondary N) is 1. The maximum atomic E-state index is 3.50. The van der Waals surface area contributed by atoms with E-state index >= 15 is 0 Å². The molecule has 0 aromatic rings. The van der Waals surface area contributed by atoms with Crippen molar-refractivity contribution in [3.8, 4) is 0 Å². The van der Waals surface area contributed by atoms with Gasteiger partial charge in [-0.2, -0.15) is 0 Å². The highest BCUT2D eigenvalue weighted by Gasteiger charge is 2.20. The normalized spacial score (nSPS) is 25.3. The zero-order valence-electron chi connectivity index (χ0n) is 11.5. The standard InChI is InChI=1S/C14H30N2/c1-4-13-8-7-10-16(11-9-13)14(5-2)12-15-6-3/h13-15H,4-12H2,1-3H3. The van der Waals surface area contributed by atoms with Gasteiger partial charge in [-0.1, -0.05) is 27.2 Å². The minimum Gasteiger partial charge on any atom is -0.315 e. The Balaban J connectivity index is 2.38. The zero-order chi connectivity index (χ0) is 11.8. The summed E-state index contributed by atoms with van der Waals surface area (Å²) in [6.45, 7) is 11.8. The second-order valence-corrected chi connectivity index (χ2v) is 5.11. The highest BCUT2D eigenvalue weighted by molar-refractivity contribution is 4.77. The van der Waals surface area contributed by atoms with Crippen molar-refractivity contribution in [2.45, 2.75) is 58.9 Å². The lowest BCUT2D eigenvalue weighted by atomic mass is 9.98. The molecule has 0 saturated carbocycles. The fourth-order valence-electron chi connectivity index (χ4n) is 2.80. The van der Waals surface area contributed by atoms with E-state index < -0.39 is 0 Å². The molecule has 0 aromatic carbocycles. The molecular weight excluding hydrogens is 196 g/mol. The van der Waals surface area contributed by atoms with E-state index in [1.807, 2.05) is 0 Å². The first kappa shape index (κ1) is 14.0. The van der Waals surface area contributed by atoms with Crippen LogP contribution in [-0.2, 0) is 0 Å². The van der Waals surface area contributed by atoms with Crippen molar-refractivity contribution < 1.29 is 0 Å². The van der Waals surface area contributed by atoms with E-state index in [0.29, 0.717) is 0 Å². The number of rotatable bonds is 6. The smallest absolute Gasteiger partial charge is 0.0218 e. The van der Waals surface area contributed by atoms with Gasteiger partial charge >= 0.3 is 0 Å². The second-order valence-electron chi connectivity index (χ2n) is 5.11. The number of hydrogen-bond donors (Lipinski definition) is 1. The molecule has 1 aliphatic rings. The third-order valence-corrected chi connectivity index (χ3v) is 4.08. The molecule has 1 fully saturated rings. The van der Waals surface area contributed by atoms with Crippen molar-refractivity contribution in [1.82, 2.24) is 10.2 Å². The molecule has 0 amide bonds. The summed E-state index contributed by atoms with van der Waals surface area (Å²) in [5, 5.41) is 3.50. The van der Waals surface area contributed by atoms with Gasteiger partial charge in [0.15, 0.2) is 0 Å². The van der Waals surface area contributed by atoms with E-state index in [9.17, 15) is 0 Å². The van der Waals surface area contributed by atoms with E-state index in [1.54, 1.807) is 0 Å². The predicted octanol–water partition coefficient (Wildman–Crippen LogP) is 2.89. The van der Waals surface area contributed by atoms with Gasteiger partial charge < -0.3 is 5.32 Å². The fourth-order valence-corrected chi connectivity index (χ4v) is 2.80. The van der Waals surface area contributed by atoms with Gasteiger partial charge in [0.05, 0.1) is 0 Å². The maximum Gasteiger partial charge on any atom is 0.0218 e. The highest BCUT2D eigenvalue weighted by Crippen LogP contribution is 2.21. The average molecular weight is 226 g/mol. The summed E-state index contributed by atoms with van der Waals surface area (Å²) in [6.07, 6.45) is 6.92. The molecule has 0 bridgehead atoms. The van der Waals surface area contributed by atoms with Crippen molar-refractivity contribution in [3.05, 3.63) is 0 Å². The predicted molar refractivity (Wildman–Crippen MR) is 71.8 cm³/mol. The molecule has 0 aliphatic carbocycles. The van der Waals surface area contributed by atoms with Gasteiger partial charge in [0.25, 0.3) is 0 Å². The minimum absolute atomic E-state index is 0.760. The van der Waals surface area contributed by atoms with Crippen LogP contribution in [0.25, 0.3) is 0 Å². The lowest BCUT2D eigenvalue weighted by molar-refractivity contribution is 0.191. The van der Waals surface area contributed by atoms with E-state index in [4.69, 9.17) is 0 Å². The molecule has 1 heterocycles. The van der Waals surface area contributed by atoms with Crippen LogP contribution in [0.2, 0.25) is 0 Å². The zero-order valence-corrected chi connectivity index (χ0v) is 11.5. The van der Waals surface area contributed by atoms with E-state index in [1.165, 1.54) is 51.7 Å². The van der Waals surface area contributed by atoms with Gasteiger partial charge in [-0.3, -0.25) is 4.90 Å². The van der Waals surface area contributed by atoms with Crippen molar-refractivity contribution in [3.63, 3.8) is 0 Å². The lowest BCUT2D eigenvalue weighted by Crippen LogP contribution is -2.42. The summed E-state index contributed by atoms with van der Waals surface area (Å²) in [5.74, 6) is 0.988. The summed E-state index contributed by atoms with van der Waals surface area (Å²) >= 11 is 0. The molecule has 1 saturated heterocycles. The van der Waals surface area contributed by atoms with Crippen molar-refractivity contribution in [2.24, 2.45) is 5.92 Å². The number of nitrogens with zero attached hydrogens (tertiary/aromatic N) is 1. The lowest BCUT2D eigenvalue weighted by Gasteiger charge is -2.30. The minimum atomic E-state index is 0.760. The maximum absolute atomic E-state index is 3.50. The van der Waals surface area contributed by atoms with Crippen LogP contribution in [0.5, 0.6) is 0 Å². The molecule has 2 unspecified atom stereocenters. The van der Waals surface area contributed by atoms with Crippen molar-refractivity contribution in [1.29, 1.82) is 0 Å². The largest absolute Gasteiger partial charge is 0.315 e. The van der Waals surface area contributed by atoms with Gasteiger partial charge in [0.2, 0.25) is 0 Å². The molecule has 0 spiro atoms. The third kappa shape index (κ3) is 4.42. The Hall–Kier alpha value is -0.0800. The quantitative estimate of drug-likeness (QED) is 0.749. The topological polar surface area (TPSA) is 15.3 Å². The summed E-state index contributed by atoms with van der Waals surface area (Å²) in [7, 11) is 0. The SMILES string of the molecule is CCNCC(CC)N1CCCC(CC)CC1. The van der Waals surface area contributed by atoms with Crippen LogP contribution in [0.3, 0.4) is 0 Å². The molecule has 2 atom stereocenters. The van der Waals surface area contributed by atoms with Crippen LogP contribution in [0, 0.1) is 5.92 Å². The molecule has 1 rings (SSSR count). The monoisotopic (exact) mass is 226 g/mol. The van der Waals surface area contributed by atoms with E-state index in [-0.39, 0.29) is 0 Å². The molecule has 96 valence electrons. The van der Waals surface area contributed by atoms with Gasteiger partial charge in [-0.15, -0.1) is 0 Å². The Morgan fingerprint density at radius 2 is 2.00 bits per heavy atom. The Morgan fingerprint density at radius 3 is 2.62 bits per heavy atom. The van der Waals surface area contributed by atoms with Gasteiger partial charge in [-0.25, -0.2) is 0 Å². The number of likely N-dealkylation sites (N-methyl/N-ethyl adjacent to an activating group) is 1. The molecule has 2 heteroatoms. The summed E-state index contributed by atoms with van der Waals surface area (Å²) in [5.41, 5.74) is 0. The van der Waals surface area contributed by atoms with Crippen LogP contribution >= 0.6 is 0 Å². The summed E-state index contributed by atoms with van der Waals surface area (Å²) in [4.78, 5) is 2.72. The molecule has 2 nitrogen and oxygen atoms in total. The molecule has 1 N–H and O–H groups in total. The summed E-state index contributed by atoms with van der Waals surface area (Å²) in [6, 6.07) is 0.760. The van der Waals surface area contributed by atoms with Gasteiger partial charge in [-0.05, 0) is 51.2 Å². The Kier molecular flexibility index (Phi) is 7.06. The first-order valence-electron chi connectivity index (χ1n) is 7.26. The van der Waals surface area contributed by atoms with Crippen molar-refractivity contribution >= 4 is 0 Å². The molecular formula is C14H30N2. The van der Waals surface area contributed by atoms with E-state index in [0.717, 1.165) is 18.5 Å². The first-order valence-corrected chi connectivity index (χ1v) is 7.26. The van der Waals surface area contributed by atoms with Crippen LogP contribution in [0.4, 0.5) is 0 Å². The van der Waals surface area contributed by atoms with E-state index in [2.05, 4.69) is 31.0 Å². The van der Waals surface area contributed by atoms with Crippen LogP contribution in [0.1, 0.15) is 52.9 Å². The number of likely N-dealkylation sites (tertiary alicyclic amines) is 1. The highest BCUT2D eigenvalue weighted by atomic mass is 15.2.